The van der Waals surface area contributed by atoms with Gasteiger partial charge in [0.05, 0.1) is 17.1 Å². The van der Waals surface area contributed by atoms with Crippen LogP contribution in [-0.2, 0) is 13.0 Å². The van der Waals surface area contributed by atoms with Crippen LogP contribution in [0, 0.1) is 0 Å². The van der Waals surface area contributed by atoms with Crippen molar-refractivity contribution >= 4 is 28.3 Å². The molecule has 6 heteroatoms. The Morgan fingerprint density at radius 3 is 2.81 bits per heavy atom. The van der Waals surface area contributed by atoms with Gasteiger partial charge >= 0.3 is 0 Å². The number of amides is 1. The van der Waals surface area contributed by atoms with Gasteiger partial charge in [0.25, 0.3) is 5.91 Å². The molecule has 0 bridgehead atoms. The quantitative estimate of drug-likeness (QED) is 0.689. The second kappa shape index (κ2) is 6.50. The number of pyridine rings is 1. The molecule has 0 fully saturated rings. The highest BCUT2D eigenvalue weighted by molar-refractivity contribution is 7.10. The van der Waals surface area contributed by atoms with E-state index in [-0.39, 0.29) is 17.9 Å². The molecule has 0 aromatic carbocycles. The van der Waals surface area contributed by atoms with Gasteiger partial charge in [-0.3, -0.25) is 4.79 Å². The van der Waals surface area contributed by atoms with Crippen LogP contribution in [0.3, 0.4) is 0 Å². The molecule has 1 amide bonds. The zero-order chi connectivity index (χ0) is 18.4. The summed E-state index contributed by atoms with van der Waals surface area (Å²) in [5.41, 5.74) is 3.76. The molecule has 0 radical (unpaired) electrons. The summed E-state index contributed by atoms with van der Waals surface area (Å²) >= 11 is 1.79. The summed E-state index contributed by atoms with van der Waals surface area (Å²) in [6, 6.07) is 4.30. The number of aromatic nitrogens is 3. The lowest BCUT2D eigenvalue weighted by molar-refractivity contribution is 0.0737. The van der Waals surface area contributed by atoms with Crippen LogP contribution in [0.15, 0.2) is 23.7 Å². The molecule has 1 aliphatic heterocycles. The molecule has 4 heterocycles. The predicted molar refractivity (Wildman–Crippen MR) is 105 cm³/mol. The van der Waals surface area contributed by atoms with E-state index < -0.39 is 0 Å². The smallest absolute Gasteiger partial charge is 0.255 e. The molecule has 5 nitrogen and oxygen atoms in total. The Bertz CT molecular complexity index is 970. The van der Waals surface area contributed by atoms with Gasteiger partial charge in [0.15, 0.2) is 5.65 Å². The lowest BCUT2D eigenvalue weighted by atomic mass is 10.0. The highest BCUT2D eigenvalue weighted by Gasteiger charge is 2.26. The minimum Gasteiger partial charge on any atom is -0.334 e. The molecular formula is C20H24N4OS. The lowest BCUT2D eigenvalue weighted by Crippen LogP contribution is -2.35. The average Bonchev–Trinajstić information content (AvgIpc) is 3.25. The summed E-state index contributed by atoms with van der Waals surface area (Å²) in [5.74, 6) is 0.339. The van der Waals surface area contributed by atoms with E-state index in [0.29, 0.717) is 6.54 Å². The second-order valence-electron chi connectivity index (χ2n) is 7.52. The van der Waals surface area contributed by atoms with Gasteiger partial charge in [0.1, 0.15) is 0 Å². The number of fused-ring (bicyclic) bond motifs is 2. The van der Waals surface area contributed by atoms with Crippen molar-refractivity contribution < 1.29 is 4.79 Å². The molecule has 0 spiro atoms. The molecule has 26 heavy (non-hydrogen) atoms. The molecule has 0 unspecified atom stereocenters. The first-order chi connectivity index (χ1) is 12.5. The Kier molecular flexibility index (Phi) is 4.31. The van der Waals surface area contributed by atoms with Crippen molar-refractivity contribution in [2.45, 2.75) is 52.6 Å². The number of hydrogen-bond acceptors (Lipinski definition) is 4. The zero-order valence-corrected chi connectivity index (χ0v) is 16.5. The van der Waals surface area contributed by atoms with E-state index in [2.05, 4.69) is 44.2 Å². The van der Waals surface area contributed by atoms with Crippen LogP contribution < -0.4 is 0 Å². The topological polar surface area (TPSA) is 51.0 Å². The van der Waals surface area contributed by atoms with Crippen molar-refractivity contribution in [3.05, 3.63) is 45.4 Å². The molecule has 3 aromatic heterocycles. The SMILES string of the molecule is CC(C)c1cc(C(=O)N2CCc3sccc3C2)c2cnn(C(C)C)c2n1. The second-order valence-corrected chi connectivity index (χ2v) is 8.52. The largest absolute Gasteiger partial charge is 0.334 e. The van der Waals surface area contributed by atoms with E-state index in [4.69, 9.17) is 4.98 Å². The molecule has 1 aliphatic rings. The zero-order valence-electron chi connectivity index (χ0n) is 15.7. The van der Waals surface area contributed by atoms with Gasteiger partial charge in [0.2, 0.25) is 0 Å². The monoisotopic (exact) mass is 368 g/mol. The standard InChI is InChI=1S/C20H24N4OS/c1-12(2)17-9-15(16-10-21-24(13(3)4)19(16)22-17)20(25)23-7-5-18-14(11-23)6-8-26-18/h6,8-10,12-13H,5,7,11H2,1-4H3. The van der Waals surface area contributed by atoms with Crippen molar-refractivity contribution in [1.29, 1.82) is 0 Å². The van der Waals surface area contributed by atoms with Gasteiger partial charge in [-0.25, -0.2) is 9.67 Å². The summed E-state index contributed by atoms with van der Waals surface area (Å²) in [4.78, 5) is 21.5. The summed E-state index contributed by atoms with van der Waals surface area (Å²) in [5, 5.41) is 7.47. The van der Waals surface area contributed by atoms with Crippen LogP contribution in [0.5, 0.6) is 0 Å². The van der Waals surface area contributed by atoms with Crippen LogP contribution >= 0.6 is 11.3 Å². The fraction of sp³-hybridized carbons (Fsp3) is 0.450. The Morgan fingerprint density at radius 2 is 2.08 bits per heavy atom. The third kappa shape index (κ3) is 2.82. The third-order valence-electron chi connectivity index (χ3n) is 4.99. The van der Waals surface area contributed by atoms with Crippen LogP contribution in [0.1, 0.15) is 66.1 Å². The highest BCUT2D eigenvalue weighted by atomic mass is 32.1. The van der Waals surface area contributed by atoms with E-state index in [1.807, 2.05) is 15.6 Å². The molecule has 0 atom stereocenters. The van der Waals surface area contributed by atoms with Gasteiger partial charge in [-0.1, -0.05) is 13.8 Å². The van der Waals surface area contributed by atoms with E-state index in [1.54, 1.807) is 17.5 Å². The summed E-state index contributed by atoms with van der Waals surface area (Å²) in [6.45, 7) is 9.84. The van der Waals surface area contributed by atoms with Gasteiger partial charge in [-0.15, -0.1) is 11.3 Å². The van der Waals surface area contributed by atoms with Gasteiger partial charge in [-0.05, 0) is 49.3 Å². The van der Waals surface area contributed by atoms with E-state index in [0.717, 1.165) is 35.3 Å². The minimum absolute atomic E-state index is 0.0828. The summed E-state index contributed by atoms with van der Waals surface area (Å²) < 4.78 is 1.91. The Labute approximate surface area is 157 Å². The lowest BCUT2D eigenvalue weighted by Gasteiger charge is -2.27. The van der Waals surface area contributed by atoms with Crippen LogP contribution in [0.2, 0.25) is 0 Å². The molecule has 0 saturated carbocycles. The third-order valence-corrected chi connectivity index (χ3v) is 6.02. The van der Waals surface area contributed by atoms with Crippen LogP contribution in [0.4, 0.5) is 0 Å². The van der Waals surface area contributed by atoms with E-state index in [9.17, 15) is 4.79 Å². The van der Waals surface area contributed by atoms with Crippen molar-refractivity contribution in [3.63, 3.8) is 0 Å². The van der Waals surface area contributed by atoms with Crippen molar-refractivity contribution in [2.24, 2.45) is 0 Å². The fourth-order valence-corrected chi connectivity index (χ4v) is 4.37. The summed E-state index contributed by atoms with van der Waals surface area (Å²) in [6.07, 6.45) is 2.73. The summed E-state index contributed by atoms with van der Waals surface area (Å²) in [7, 11) is 0. The first-order valence-corrected chi connectivity index (χ1v) is 10.1. The van der Waals surface area contributed by atoms with Gasteiger partial charge in [0, 0.05) is 29.7 Å². The predicted octanol–water partition coefficient (Wildman–Crippen LogP) is 4.40. The van der Waals surface area contributed by atoms with Gasteiger partial charge in [-0.2, -0.15) is 5.10 Å². The van der Waals surface area contributed by atoms with E-state index in [1.165, 1.54) is 10.4 Å². The fourth-order valence-electron chi connectivity index (χ4n) is 3.48. The Hall–Kier alpha value is -2.21. The molecule has 0 aliphatic carbocycles. The normalized spacial score (nSPS) is 14.5. The number of thiophene rings is 1. The molecule has 4 rings (SSSR count). The number of hydrogen-bond donors (Lipinski definition) is 0. The highest BCUT2D eigenvalue weighted by Crippen LogP contribution is 2.29. The molecule has 3 aromatic rings. The first kappa shape index (κ1) is 17.2. The van der Waals surface area contributed by atoms with Crippen LogP contribution in [0.25, 0.3) is 11.0 Å². The first-order valence-electron chi connectivity index (χ1n) is 9.18. The number of carbonyl (C=O) groups excluding carboxylic acids is 1. The maximum Gasteiger partial charge on any atom is 0.255 e. The molecule has 0 N–H and O–H groups in total. The van der Waals surface area contributed by atoms with Crippen molar-refractivity contribution in [2.75, 3.05) is 6.54 Å². The number of rotatable bonds is 3. The molecule has 0 saturated heterocycles. The Morgan fingerprint density at radius 1 is 1.27 bits per heavy atom. The van der Waals surface area contributed by atoms with Crippen molar-refractivity contribution in [1.82, 2.24) is 19.7 Å². The minimum atomic E-state index is 0.0828. The number of carbonyl (C=O) groups is 1. The van der Waals surface area contributed by atoms with Crippen LogP contribution in [-0.4, -0.2) is 32.1 Å². The molecular weight excluding hydrogens is 344 g/mol. The molecule has 136 valence electrons. The van der Waals surface area contributed by atoms with Crippen molar-refractivity contribution in [3.8, 4) is 0 Å². The van der Waals surface area contributed by atoms with E-state index >= 15 is 0 Å². The maximum atomic E-state index is 13.4. The maximum absolute atomic E-state index is 13.4. The van der Waals surface area contributed by atoms with Gasteiger partial charge < -0.3 is 4.90 Å². The average molecular weight is 369 g/mol. The Balaban J connectivity index is 1.79. The number of nitrogens with zero attached hydrogens (tertiary/aromatic N) is 4.